The van der Waals surface area contributed by atoms with E-state index < -0.39 is 11.7 Å². The van der Waals surface area contributed by atoms with Gasteiger partial charge in [-0.3, -0.25) is 14.7 Å². The number of carbonyl (C=O) groups is 1. The lowest BCUT2D eigenvalue weighted by Crippen LogP contribution is -2.27. The van der Waals surface area contributed by atoms with E-state index >= 15 is 0 Å². The number of aromatic nitrogens is 1. The highest BCUT2D eigenvalue weighted by Crippen LogP contribution is 2.32. The van der Waals surface area contributed by atoms with Crippen molar-refractivity contribution in [2.45, 2.75) is 65.0 Å². The van der Waals surface area contributed by atoms with Gasteiger partial charge in [-0.2, -0.15) is 13.2 Å². The summed E-state index contributed by atoms with van der Waals surface area (Å²) in [6.45, 7) is 5.99. The number of fused-ring (bicyclic) bond motifs is 2. The zero-order valence-electron chi connectivity index (χ0n) is 21.5. The Morgan fingerprint density at radius 2 is 1.73 bits per heavy atom. The van der Waals surface area contributed by atoms with E-state index in [1.807, 2.05) is 18.2 Å². The fraction of sp³-hybridized carbons (Fsp3) is 0.379. The monoisotopic (exact) mass is 513 g/mol. The predicted octanol–water partition coefficient (Wildman–Crippen LogP) is 6.06. The highest BCUT2D eigenvalue weighted by molar-refractivity contribution is 5.94. The summed E-state index contributed by atoms with van der Waals surface area (Å²) in [7, 11) is 1.00. The highest BCUT2D eigenvalue weighted by atomic mass is 19.4. The number of benzene rings is 2. The molecule has 0 radical (unpaired) electrons. The standard InChI is InChI=1S/C25H22F3N3O.C3H8.CH4O/c26-25(27,28)20-8-5-16(6-9-20)13-31-14-19-11-18(12-29-23(19)15-31)24(32)30-22-10-7-17-3-1-2-4-21(17)22;1-3-2;1-2/h1-6,8-9,11-12,22H,7,10,13-15H2,(H,30,32);3H2,1-2H3;2H,1H3. The Labute approximate surface area is 216 Å². The SMILES string of the molecule is CCC.CO.O=C(NC1CCc2ccccc21)c1cnc2c(c1)CN(Cc1ccc(C(F)(F)F)cc1)C2. The molecule has 0 fully saturated rings. The minimum atomic E-state index is -4.33. The van der Waals surface area contributed by atoms with Crippen LogP contribution in [-0.2, 0) is 32.2 Å². The van der Waals surface area contributed by atoms with E-state index in [0.29, 0.717) is 25.2 Å². The molecule has 2 heterocycles. The van der Waals surface area contributed by atoms with Crippen molar-refractivity contribution in [2.75, 3.05) is 7.11 Å². The first kappa shape index (κ1) is 28.3. The van der Waals surface area contributed by atoms with Gasteiger partial charge in [0.05, 0.1) is 22.9 Å². The van der Waals surface area contributed by atoms with Crippen LogP contribution in [-0.4, -0.2) is 28.0 Å². The number of nitrogens with one attached hydrogen (secondary N) is 1. The molecule has 2 N–H and O–H groups in total. The molecule has 1 aliphatic heterocycles. The summed E-state index contributed by atoms with van der Waals surface area (Å²) in [5.41, 5.74) is 5.04. The number of carbonyl (C=O) groups excluding carboxylic acids is 1. The van der Waals surface area contributed by atoms with Crippen LogP contribution in [0.25, 0.3) is 0 Å². The molecule has 8 heteroatoms. The summed E-state index contributed by atoms with van der Waals surface area (Å²) in [4.78, 5) is 19.4. The number of aliphatic hydroxyl groups is 1. The molecule has 3 aromatic rings. The van der Waals surface area contributed by atoms with Crippen LogP contribution >= 0.6 is 0 Å². The Hall–Kier alpha value is -3.23. The molecular weight excluding hydrogens is 479 g/mol. The molecule has 1 unspecified atom stereocenters. The number of aliphatic hydroxyl groups excluding tert-OH is 1. The maximum atomic E-state index is 12.8. The van der Waals surface area contributed by atoms with Gasteiger partial charge in [0.25, 0.3) is 5.91 Å². The summed E-state index contributed by atoms with van der Waals surface area (Å²) >= 11 is 0. The smallest absolute Gasteiger partial charge is 0.400 e. The van der Waals surface area contributed by atoms with Crippen molar-refractivity contribution in [1.29, 1.82) is 0 Å². The van der Waals surface area contributed by atoms with Gasteiger partial charge in [-0.1, -0.05) is 56.7 Å². The van der Waals surface area contributed by atoms with Crippen molar-refractivity contribution < 1.29 is 23.1 Å². The average molecular weight is 514 g/mol. The zero-order valence-corrected chi connectivity index (χ0v) is 21.5. The molecule has 1 atom stereocenters. The maximum absolute atomic E-state index is 12.8. The van der Waals surface area contributed by atoms with E-state index in [9.17, 15) is 18.0 Å². The van der Waals surface area contributed by atoms with Crippen LogP contribution in [0.15, 0.2) is 60.8 Å². The number of aryl methyl sites for hydroxylation is 1. The van der Waals surface area contributed by atoms with E-state index in [4.69, 9.17) is 5.11 Å². The number of hydrogen-bond acceptors (Lipinski definition) is 4. The minimum Gasteiger partial charge on any atom is -0.400 e. The molecular formula is C29H34F3N3O2. The lowest BCUT2D eigenvalue weighted by atomic mass is 10.1. The highest BCUT2D eigenvalue weighted by Gasteiger charge is 2.30. The number of halogens is 3. The summed E-state index contributed by atoms with van der Waals surface area (Å²) in [5, 5.41) is 10.1. The van der Waals surface area contributed by atoms with Crippen LogP contribution < -0.4 is 5.32 Å². The summed E-state index contributed by atoms with van der Waals surface area (Å²) in [6, 6.07) is 15.3. The van der Waals surface area contributed by atoms with Crippen molar-refractivity contribution >= 4 is 5.91 Å². The Kier molecular flexibility index (Phi) is 9.83. The molecule has 2 aromatic carbocycles. The normalized spacial score (nSPS) is 16.0. The van der Waals surface area contributed by atoms with E-state index in [1.54, 1.807) is 6.20 Å². The first-order valence-electron chi connectivity index (χ1n) is 12.5. The second-order valence-electron chi connectivity index (χ2n) is 9.14. The second-order valence-corrected chi connectivity index (χ2v) is 9.14. The number of hydrogen-bond donors (Lipinski definition) is 2. The fourth-order valence-electron chi connectivity index (χ4n) is 4.57. The van der Waals surface area contributed by atoms with Crippen LogP contribution in [0.3, 0.4) is 0 Å². The van der Waals surface area contributed by atoms with E-state index in [2.05, 4.69) is 41.2 Å². The molecule has 37 heavy (non-hydrogen) atoms. The molecule has 0 saturated carbocycles. The second kappa shape index (κ2) is 12.8. The molecule has 0 saturated heterocycles. The van der Waals surface area contributed by atoms with Crippen LogP contribution in [0.1, 0.15) is 76.6 Å². The van der Waals surface area contributed by atoms with Gasteiger partial charge in [0.15, 0.2) is 0 Å². The largest absolute Gasteiger partial charge is 0.416 e. The quantitative estimate of drug-likeness (QED) is 0.445. The summed E-state index contributed by atoms with van der Waals surface area (Å²) in [5.74, 6) is -0.136. The third-order valence-corrected chi connectivity index (χ3v) is 6.22. The van der Waals surface area contributed by atoms with E-state index in [1.165, 1.54) is 29.7 Å². The van der Waals surface area contributed by atoms with Gasteiger partial charge < -0.3 is 10.4 Å². The minimum absolute atomic E-state index is 0.0168. The Balaban J connectivity index is 0.000000711. The van der Waals surface area contributed by atoms with Crippen LogP contribution in [0.2, 0.25) is 0 Å². The van der Waals surface area contributed by atoms with Gasteiger partial charge in [0, 0.05) is 32.9 Å². The molecule has 0 bridgehead atoms. The Morgan fingerprint density at radius 1 is 1.05 bits per heavy atom. The van der Waals surface area contributed by atoms with Gasteiger partial charge in [-0.25, -0.2) is 0 Å². The molecule has 2 aliphatic rings. The topological polar surface area (TPSA) is 65.5 Å². The fourth-order valence-corrected chi connectivity index (χ4v) is 4.57. The molecule has 5 rings (SSSR count). The van der Waals surface area contributed by atoms with Crippen molar-refractivity contribution in [3.63, 3.8) is 0 Å². The number of pyridine rings is 1. The molecule has 0 spiro atoms. The molecule has 1 amide bonds. The predicted molar refractivity (Wildman–Crippen MR) is 138 cm³/mol. The molecule has 5 nitrogen and oxygen atoms in total. The van der Waals surface area contributed by atoms with E-state index in [0.717, 1.165) is 48.9 Å². The van der Waals surface area contributed by atoms with Gasteiger partial charge >= 0.3 is 6.18 Å². The molecule has 1 aliphatic carbocycles. The van der Waals surface area contributed by atoms with Crippen LogP contribution in [0.4, 0.5) is 13.2 Å². The number of amides is 1. The third-order valence-electron chi connectivity index (χ3n) is 6.22. The first-order valence-corrected chi connectivity index (χ1v) is 12.5. The lowest BCUT2D eigenvalue weighted by molar-refractivity contribution is -0.137. The van der Waals surface area contributed by atoms with Crippen molar-refractivity contribution in [3.05, 3.63) is 99.9 Å². The van der Waals surface area contributed by atoms with Crippen molar-refractivity contribution in [1.82, 2.24) is 15.2 Å². The third kappa shape index (κ3) is 7.17. The number of alkyl halides is 3. The number of nitrogens with zero attached hydrogens (tertiary/aromatic N) is 2. The van der Waals surface area contributed by atoms with Crippen molar-refractivity contribution in [3.8, 4) is 0 Å². The molecule has 1 aromatic heterocycles. The first-order chi connectivity index (χ1) is 17.8. The van der Waals surface area contributed by atoms with Gasteiger partial charge in [0.2, 0.25) is 0 Å². The van der Waals surface area contributed by atoms with Gasteiger partial charge in [-0.05, 0) is 53.3 Å². The van der Waals surface area contributed by atoms with E-state index in [-0.39, 0.29) is 11.9 Å². The van der Waals surface area contributed by atoms with Crippen molar-refractivity contribution in [2.24, 2.45) is 0 Å². The van der Waals surface area contributed by atoms with Gasteiger partial charge in [0.1, 0.15) is 0 Å². The molecule has 198 valence electrons. The lowest BCUT2D eigenvalue weighted by Gasteiger charge is -2.15. The number of rotatable bonds is 4. The maximum Gasteiger partial charge on any atom is 0.416 e. The average Bonchev–Trinajstić information content (AvgIpc) is 3.48. The zero-order chi connectivity index (χ0) is 27.0. The van der Waals surface area contributed by atoms with Crippen LogP contribution in [0, 0.1) is 0 Å². The van der Waals surface area contributed by atoms with Crippen LogP contribution in [0.5, 0.6) is 0 Å². The summed E-state index contributed by atoms with van der Waals surface area (Å²) < 4.78 is 38.3. The Bertz CT molecular complexity index is 1180. The summed E-state index contributed by atoms with van der Waals surface area (Å²) in [6.07, 6.45) is 0.382. The Morgan fingerprint density at radius 3 is 2.41 bits per heavy atom. The van der Waals surface area contributed by atoms with Gasteiger partial charge in [-0.15, -0.1) is 0 Å².